The Hall–Kier alpha value is -0.670. The van der Waals surface area contributed by atoms with Gasteiger partial charge in [-0.15, -0.1) is 0 Å². The maximum atomic E-state index is 15.3. The fourth-order valence-electron chi connectivity index (χ4n) is 4.27. The van der Waals surface area contributed by atoms with Crippen molar-refractivity contribution >= 4 is 0 Å². The SMILES string of the molecule is CCCO[C@@H]1O[C@H](COC2O[C@H](CO)[C@@H](O)[C@H](O)[C@@H]2O)[C@@H](O)[C@H](O[C@H]2O[C@H](CO)[C@@H](O)[C@H](O)[C@@H]2O)[C@H]1F. The van der Waals surface area contributed by atoms with Crippen LogP contribution in [0.3, 0.4) is 0 Å². The predicted octanol–water partition coefficient (Wildman–Crippen LogP) is -5.16. The maximum Gasteiger partial charge on any atom is 0.192 e. The van der Waals surface area contributed by atoms with Gasteiger partial charge in [0.05, 0.1) is 19.8 Å². The summed E-state index contributed by atoms with van der Waals surface area (Å²) in [4.78, 5) is 0. The van der Waals surface area contributed by atoms with Gasteiger partial charge in [-0.1, -0.05) is 6.92 Å². The number of hydrogen-bond acceptors (Lipinski definition) is 15. The van der Waals surface area contributed by atoms with Crippen LogP contribution in [-0.2, 0) is 28.4 Å². The summed E-state index contributed by atoms with van der Waals surface area (Å²) in [5.74, 6) is 0. The molecule has 9 N–H and O–H groups in total. The van der Waals surface area contributed by atoms with Gasteiger partial charge in [0.2, 0.25) is 0 Å². The molecule has 0 amide bonds. The first-order chi connectivity index (χ1) is 17.5. The van der Waals surface area contributed by atoms with Gasteiger partial charge < -0.3 is 74.4 Å². The molecule has 0 aromatic rings. The van der Waals surface area contributed by atoms with E-state index >= 15 is 4.39 Å². The van der Waals surface area contributed by atoms with E-state index in [1.54, 1.807) is 6.92 Å². The predicted molar refractivity (Wildman–Crippen MR) is 114 cm³/mol. The topological polar surface area (TPSA) is 237 Å². The molecule has 0 radical (unpaired) electrons. The van der Waals surface area contributed by atoms with Crippen LogP contribution in [0.4, 0.5) is 4.39 Å². The van der Waals surface area contributed by atoms with Crippen LogP contribution in [0.1, 0.15) is 13.3 Å². The minimum Gasteiger partial charge on any atom is -0.394 e. The number of aliphatic hydroxyl groups excluding tert-OH is 9. The van der Waals surface area contributed by atoms with E-state index in [4.69, 9.17) is 28.4 Å². The lowest BCUT2D eigenvalue weighted by Gasteiger charge is -2.46. The molecule has 3 aliphatic heterocycles. The second kappa shape index (κ2) is 13.6. The summed E-state index contributed by atoms with van der Waals surface area (Å²) in [5, 5.41) is 89.7. The van der Waals surface area contributed by atoms with Gasteiger partial charge in [0.15, 0.2) is 25.0 Å². The van der Waals surface area contributed by atoms with Gasteiger partial charge in [-0.2, -0.15) is 0 Å². The Morgan fingerprint density at radius 2 is 1.14 bits per heavy atom. The van der Waals surface area contributed by atoms with Gasteiger partial charge in [-0.3, -0.25) is 0 Å². The summed E-state index contributed by atoms with van der Waals surface area (Å²) in [6, 6.07) is 0. The van der Waals surface area contributed by atoms with Crippen LogP contribution in [0.25, 0.3) is 0 Å². The number of rotatable bonds is 10. The normalized spacial score (nSPS) is 49.2. The summed E-state index contributed by atoms with van der Waals surface area (Å²) in [6.45, 7) is -0.200. The third-order valence-corrected chi connectivity index (χ3v) is 6.50. The lowest BCUT2D eigenvalue weighted by molar-refractivity contribution is -0.359. The molecule has 0 aliphatic carbocycles. The Labute approximate surface area is 211 Å². The first-order valence-corrected chi connectivity index (χ1v) is 12.0. The van der Waals surface area contributed by atoms with E-state index in [1.807, 2.05) is 0 Å². The van der Waals surface area contributed by atoms with Crippen molar-refractivity contribution < 1.29 is 78.8 Å². The number of ether oxygens (including phenoxy) is 6. The number of alkyl halides is 1. The molecule has 218 valence electrons. The van der Waals surface area contributed by atoms with Gasteiger partial charge >= 0.3 is 0 Å². The average Bonchev–Trinajstić information content (AvgIpc) is 2.89. The van der Waals surface area contributed by atoms with Crippen LogP contribution >= 0.6 is 0 Å². The fourth-order valence-corrected chi connectivity index (χ4v) is 4.27. The molecule has 3 aliphatic rings. The molecule has 0 aromatic carbocycles. The fraction of sp³-hybridized carbons (Fsp3) is 1.00. The first kappa shape index (κ1) is 30.9. The Morgan fingerprint density at radius 1 is 0.622 bits per heavy atom. The molecule has 3 heterocycles. The van der Waals surface area contributed by atoms with Crippen molar-refractivity contribution in [3.8, 4) is 0 Å². The zero-order valence-corrected chi connectivity index (χ0v) is 20.0. The van der Waals surface area contributed by atoms with Crippen molar-refractivity contribution in [3.63, 3.8) is 0 Å². The molecule has 15 nitrogen and oxygen atoms in total. The van der Waals surface area contributed by atoms with Crippen molar-refractivity contribution in [1.82, 2.24) is 0 Å². The monoisotopic (exact) mass is 548 g/mol. The lowest BCUT2D eigenvalue weighted by atomic mass is 9.97. The molecule has 3 fully saturated rings. The van der Waals surface area contributed by atoms with Crippen LogP contribution < -0.4 is 0 Å². The Kier molecular flexibility index (Phi) is 11.3. The molecule has 0 saturated carbocycles. The Bertz CT molecular complexity index is 688. The summed E-state index contributed by atoms with van der Waals surface area (Å²) in [5.41, 5.74) is 0. The van der Waals surface area contributed by atoms with Crippen LogP contribution in [0, 0.1) is 0 Å². The van der Waals surface area contributed by atoms with E-state index in [0.717, 1.165) is 0 Å². The Morgan fingerprint density at radius 3 is 1.68 bits per heavy atom. The largest absolute Gasteiger partial charge is 0.394 e. The summed E-state index contributed by atoms with van der Waals surface area (Å²) in [6.07, 6.45) is -24.5. The van der Waals surface area contributed by atoms with Gasteiger partial charge in [0.1, 0.15) is 67.1 Å². The molecule has 3 saturated heterocycles. The van der Waals surface area contributed by atoms with Crippen LogP contribution in [0.15, 0.2) is 0 Å². The first-order valence-electron chi connectivity index (χ1n) is 12.0. The summed E-state index contributed by atoms with van der Waals surface area (Å²) < 4.78 is 47.5. The van der Waals surface area contributed by atoms with Gasteiger partial charge in [-0.05, 0) is 6.42 Å². The second-order valence-corrected chi connectivity index (χ2v) is 9.18. The van der Waals surface area contributed by atoms with Crippen molar-refractivity contribution in [2.45, 2.75) is 106 Å². The lowest BCUT2D eigenvalue weighted by Crippen LogP contribution is -2.64. The second-order valence-electron chi connectivity index (χ2n) is 9.18. The molecule has 15 atom stereocenters. The van der Waals surface area contributed by atoms with E-state index in [9.17, 15) is 46.0 Å². The summed E-state index contributed by atoms with van der Waals surface area (Å²) in [7, 11) is 0. The van der Waals surface area contributed by atoms with E-state index < -0.39 is 112 Å². The molecule has 3 rings (SSSR count). The highest BCUT2D eigenvalue weighted by Crippen LogP contribution is 2.32. The third kappa shape index (κ3) is 6.74. The van der Waals surface area contributed by atoms with E-state index in [0.29, 0.717) is 6.42 Å². The van der Waals surface area contributed by atoms with Crippen LogP contribution in [-0.4, -0.2) is 165 Å². The average molecular weight is 549 g/mol. The van der Waals surface area contributed by atoms with Gasteiger partial charge in [0.25, 0.3) is 0 Å². The van der Waals surface area contributed by atoms with Crippen molar-refractivity contribution in [2.75, 3.05) is 26.4 Å². The molecule has 1 unspecified atom stereocenters. The van der Waals surface area contributed by atoms with E-state index in [-0.39, 0.29) is 6.61 Å². The molecule has 37 heavy (non-hydrogen) atoms. The van der Waals surface area contributed by atoms with Crippen LogP contribution in [0.2, 0.25) is 0 Å². The quantitative estimate of drug-likeness (QED) is 0.124. The highest BCUT2D eigenvalue weighted by molar-refractivity contribution is 4.95. The smallest absolute Gasteiger partial charge is 0.192 e. The van der Waals surface area contributed by atoms with Gasteiger partial charge in [-0.25, -0.2) is 4.39 Å². The minimum absolute atomic E-state index is 0.0637. The molecule has 16 heteroatoms. The van der Waals surface area contributed by atoms with E-state index in [1.165, 1.54) is 0 Å². The molecule has 0 spiro atoms. The molecular formula is C21H37FO15. The number of aliphatic hydroxyl groups is 9. The van der Waals surface area contributed by atoms with Crippen molar-refractivity contribution in [1.29, 1.82) is 0 Å². The van der Waals surface area contributed by atoms with Crippen molar-refractivity contribution in [3.05, 3.63) is 0 Å². The summed E-state index contributed by atoms with van der Waals surface area (Å²) >= 11 is 0. The highest BCUT2D eigenvalue weighted by Gasteiger charge is 2.52. The molecule has 0 bridgehead atoms. The Balaban J connectivity index is 1.73. The number of hydrogen-bond donors (Lipinski definition) is 9. The zero-order valence-electron chi connectivity index (χ0n) is 20.0. The zero-order chi connectivity index (χ0) is 27.4. The minimum atomic E-state index is -2.13. The van der Waals surface area contributed by atoms with E-state index in [2.05, 4.69) is 0 Å². The van der Waals surface area contributed by atoms with Crippen molar-refractivity contribution in [2.24, 2.45) is 0 Å². The standard InChI is InChI=1S/C21H37FO15/c1-2-3-32-19-10(22)18(37-21-17(31)15(29)12(26)8(5-24)35-21)13(27)9(36-19)6-33-20-16(30)14(28)11(25)7(4-23)34-20/h7-21,23-31H,2-6H2,1H3/t7-,8-,9-,10-,11-,12-,13-,14+,15+,16+,17+,18-,19-,20?,21-/m1/s1. The third-order valence-electron chi connectivity index (χ3n) is 6.50. The van der Waals surface area contributed by atoms with Crippen LogP contribution in [0.5, 0.6) is 0 Å². The highest BCUT2D eigenvalue weighted by atomic mass is 19.1. The molecular weight excluding hydrogens is 511 g/mol. The molecule has 0 aromatic heterocycles. The van der Waals surface area contributed by atoms with Gasteiger partial charge in [0, 0.05) is 6.61 Å². The maximum absolute atomic E-state index is 15.3. The number of halogens is 1.